The summed E-state index contributed by atoms with van der Waals surface area (Å²) in [5, 5.41) is 3.91. The van der Waals surface area contributed by atoms with E-state index in [-0.39, 0.29) is 0 Å². The highest BCUT2D eigenvalue weighted by Crippen LogP contribution is 2.16. The number of hydrogen-bond acceptors (Lipinski definition) is 3. The average Bonchev–Trinajstić information content (AvgIpc) is 2.89. The number of nitrogens with zero attached hydrogens (tertiary/aromatic N) is 4. The lowest BCUT2D eigenvalue weighted by Crippen LogP contribution is -2.01. The van der Waals surface area contributed by atoms with Gasteiger partial charge in [0, 0.05) is 12.1 Å². The van der Waals surface area contributed by atoms with E-state index in [9.17, 15) is 8.78 Å². The molecular formula is C10H7F2N5. The maximum absolute atomic E-state index is 13.0. The summed E-state index contributed by atoms with van der Waals surface area (Å²) in [6.07, 6.45) is 2.94. The van der Waals surface area contributed by atoms with Crippen LogP contribution in [0.2, 0.25) is 0 Å². The second kappa shape index (κ2) is 3.62. The van der Waals surface area contributed by atoms with Gasteiger partial charge < -0.3 is 4.98 Å². The van der Waals surface area contributed by atoms with Crippen molar-refractivity contribution >= 4 is 11.0 Å². The van der Waals surface area contributed by atoms with Gasteiger partial charge in [0.2, 0.25) is 0 Å². The summed E-state index contributed by atoms with van der Waals surface area (Å²) in [7, 11) is 0. The fourth-order valence-electron chi connectivity index (χ4n) is 1.60. The number of benzene rings is 1. The van der Waals surface area contributed by atoms with Crippen LogP contribution >= 0.6 is 0 Å². The Bertz CT molecular complexity index is 620. The lowest BCUT2D eigenvalue weighted by molar-refractivity contribution is 0.510. The number of fused-ring (bicyclic) bond motifs is 1. The molecule has 0 saturated carbocycles. The van der Waals surface area contributed by atoms with Crippen LogP contribution in [-0.2, 0) is 6.54 Å². The lowest BCUT2D eigenvalue weighted by atomic mass is 10.3. The van der Waals surface area contributed by atoms with Crippen LogP contribution in [0.1, 0.15) is 5.82 Å². The van der Waals surface area contributed by atoms with Gasteiger partial charge in [-0.15, -0.1) is 0 Å². The highest BCUT2D eigenvalue weighted by Gasteiger charge is 2.08. The number of H-pyrrole nitrogens is 1. The molecular weight excluding hydrogens is 228 g/mol. The van der Waals surface area contributed by atoms with Crippen molar-refractivity contribution in [2.45, 2.75) is 6.54 Å². The summed E-state index contributed by atoms with van der Waals surface area (Å²) >= 11 is 0. The molecule has 0 saturated heterocycles. The first-order chi connectivity index (χ1) is 8.22. The molecule has 0 bridgehead atoms. The molecule has 5 nitrogen and oxygen atoms in total. The predicted molar refractivity (Wildman–Crippen MR) is 55.1 cm³/mol. The van der Waals surface area contributed by atoms with E-state index in [0.717, 1.165) is 12.1 Å². The number of halogens is 2. The Morgan fingerprint density at radius 1 is 1.24 bits per heavy atom. The summed E-state index contributed by atoms with van der Waals surface area (Å²) < 4.78 is 27.5. The van der Waals surface area contributed by atoms with Crippen molar-refractivity contribution in [3.63, 3.8) is 0 Å². The number of imidazole rings is 1. The zero-order valence-electron chi connectivity index (χ0n) is 8.56. The van der Waals surface area contributed by atoms with E-state index in [0.29, 0.717) is 23.4 Å². The molecule has 86 valence electrons. The first kappa shape index (κ1) is 9.88. The van der Waals surface area contributed by atoms with Gasteiger partial charge in [-0.1, -0.05) is 0 Å². The Hall–Kier alpha value is -2.31. The molecule has 0 aliphatic carbocycles. The number of rotatable bonds is 2. The van der Waals surface area contributed by atoms with Gasteiger partial charge in [0.1, 0.15) is 25.0 Å². The molecule has 0 aliphatic rings. The van der Waals surface area contributed by atoms with Crippen molar-refractivity contribution in [2.75, 3.05) is 0 Å². The quantitative estimate of drug-likeness (QED) is 0.731. The minimum Gasteiger partial charge on any atom is -0.340 e. The Morgan fingerprint density at radius 2 is 2.06 bits per heavy atom. The summed E-state index contributed by atoms with van der Waals surface area (Å²) in [6.45, 7) is 0.373. The third kappa shape index (κ3) is 1.75. The zero-order valence-corrected chi connectivity index (χ0v) is 8.56. The lowest BCUT2D eigenvalue weighted by Gasteiger charge is -1.94. The van der Waals surface area contributed by atoms with Crippen LogP contribution < -0.4 is 0 Å². The van der Waals surface area contributed by atoms with Gasteiger partial charge in [-0.25, -0.2) is 23.4 Å². The molecule has 2 aromatic heterocycles. The van der Waals surface area contributed by atoms with Crippen molar-refractivity contribution in [3.8, 4) is 0 Å². The van der Waals surface area contributed by atoms with Gasteiger partial charge in [-0.3, -0.25) is 0 Å². The van der Waals surface area contributed by atoms with Crippen LogP contribution in [0.25, 0.3) is 11.0 Å². The second-order valence-corrected chi connectivity index (χ2v) is 3.56. The van der Waals surface area contributed by atoms with E-state index in [2.05, 4.69) is 20.1 Å². The highest BCUT2D eigenvalue weighted by atomic mass is 19.2. The van der Waals surface area contributed by atoms with Crippen LogP contribution in [0, 0.1) is 11.6 Å². The van der Waals surface area contributed by atoms with Gasteiger partial charge in [0.15, 0.2) is 11.6 Å². The van der Waals surface area contributed by atoms with Gasteiger partial charge in [-0.05, 0) is 0 Å². The Labute approximate surface area is 94.1 Å². The predicted octanol–water partition coefficient (Wildman–Crippen LogP) is 1.48. The molecule has 1 N–H and O–H groups in total. The summed E-state index contributed by atoms with van der Waals surface area (Å²) in [5.41, 5.74) is 0.845. The molecule has 7 heteroatoms. The fourth-order valence-corrected chi connectivity index (χ4v) is 1.60. The Morgan fingerprint density at radius 3 is 2.82 bits per heavy atom. The van der Waals surface area contributed by atoms with Crippen molar-refractivity contribution in [3.05, 3.63) is 42.2 Å². The van der Waals surface area contributed by atoms with Gasteiger partial charge in [0.05, 0.1) is 11.0 Å². The van der Waals surface area contributed by atoms with Crippen LogP contribution in [-0.4, -0.2) is 24.7 Å². The second-order valence-electron chi connectivity index (χ2n) is 3.56. The van der Waals surface area contributed by atoms with Gasteiger partial charge >= 0.3 is 0 Å². The topological polar surface area (TPSA) is 59.4 Å². The molecule has 0 spiro atoms. The third-order valence-corrected chi connectivity index (χ3v) is 2.35. The van der Waals surface area contributed by atoms with Crippen molar-refractivity contribution in [2.24, 2.45) is 0 Å². The summed E-state index contributed by atoms with van der Waals surface area (Å²) in [6, 6.07) is 2.15. The first-order valence-corrected chi connectivity index (χ1v) is 4.88. The van der Waals surface area contributed by atoms with Crippen LogP contribution in [0.5, 0.6) is 0 Å². The normalized spacial score (nSPS) is 11.2. The molecule has 0 aliphatic heterocycles. The minimum atomic E-state index is -0.906. The molecule has 3 rings (SSSR count). The molecule has 0 atom stereocenters. The van der Waals surface area contributed by atoms with Crippen LogP contribution in [0.3, 0.4) is 0 Å². The number of aromatic amines is 1. The number of hydrogen-bond donors (Lipinski definition) is 1. The van der Waals surface area contributed by atoms with E-state index in [1.165, 1.54) is 12.7 Å². The van der Waals surface area contributed by atoms with E-state index in [4.69, 9.17) is 0 Å². The van der Waals surface area contributed by atoms with E-state index >= 15 is 0 Å². The minimum absolute atomic E-state index is 0.373. The maximum atomic E-state index is 13.0. The fraction of sp³-hybridized carbons (Fsp3) is 0.100. The van der Waals surface area contributed by atoms with E-state index < -0.39 is 11.6 Å². The van der Waals surface area contributed by atoms with E-state index in [1.807, 2.05) is 0 Å². The molecule has 17 heavy (non-hydrogen) atoms. The molecule has 3 aromatic rings. The maximum Gasteiger partial charge on any atom is 0.161 e. The van der Waals surface area contributed by atoms with Crippen molar-refractivity contribution in [1.82, 2.24) is 24.7 Å². The first-order valence-electron chi connectivity index (χ1n) is 4.88. The van der Waals surface area contributed by atoms with Gasteiger partial charge in [-0.2, -0.15) is 5.10 Å². The SMILES string of the molecule is Fc1cc2nc(Cn3cncn3)[nH]c2cc1F. The van der Waals surface area contributed by atoms with Crippen LogP contribution in [0.4, 0.5) is 8.78 Å². The van der Waals surface area contributed by atoms with Crippen molar-refractivity contribution in [1.29, 1.82) is 0 Å². The molecule has 0 radical (unpaired) electrons. The number of aromatic nitrogens is 5. The Balaban J connectivity index is 2.02. The Kier molecular flexibility index (Phi) is 2.10. The van der Waals surface area contributed by atoms with Crippen LogP contribution in [0.15, 0.2) is 24.8 Å². The summed E-state index contributed by atoms with van der Waals surface area (Å²) in [4.78, 5) is 10.8. The average molecular weight is 235 g/mol. The van der Waals surface area contributed by atoms with Crippen molar-refractivity contribution < 1.29 is 8.78 Å². The molecule has 2 heterocycles. The summed E-state index contributed by atoms with van der Waals surface area (Å²) in [5.74, 6) is -1.24. The molecule has 1 aromatic carbocycles. The zero-order chi connectivity index (χ0) is 11.8. The number of nitrogens with one attached hydrogen (secondary N) is 1. The molecule has 0 unspecified atom stereocenters. The van der Waals surface area contributed by atoms with Gasteiger partial charge in [0.25, 0.3) is 0 Å². The third-order valence-electron chi connectivity index (χ3n) is 2.35. The molecule has 0 amide bonds. The smallest absolute Gasteiger partial charge is 0.161 e. The standard InChI is InChI=1S/C10H7F2N5/c11-6-1-8-9(2-7(6)12)16-10(15-8)3-17-5-13-4-14-17/h1-2,4-5H,3H2,(H,15,16). The monoisotopic (exact) mass is 235 g/mol. The largest absolute Gasteiger partial charge is 0.340 e. The highest BCUT2D eigenvalue weighted by molar-refractivity contribution is 5.75. The van der Waals surface area contributed by atoms with E-state index in [1.54, 1.807) is 4.68 Å². The molecule has 0 fully saturated rings.